The third-order valence-corrected chi connectivity index (χ3v) is 8.51. The van der Waals surface area contributed by atoms with Crippen molar-refractivity contribution >= 4 is 12.1 Å². The van der Waals surface area contributed by atoms with Crippen molar-refractivity contribution < 1.29 is 28.9 Å². The van der Waals surface area contributed by atoms with E-state index in [1.165, 1.54) is 0 Å². The molecule has 1 saturated carbocycles. The highest BCUT2D eigenvalue weighted by Crippen LogP contribution is 2.49. The molecular weight excluding hydrogens is 510 g/mol. The van der Waals surface area contributed by atoms with Gasteiger partial charge in [0.2, 0.25) is 0 Å². The first-order valence-electron chi connectivity index (χ1n) is 14.9. The topological polar surface area (TPSA) is 109 Å². The number of ether oxygens (including phenoxy) is 3. The molecule has 3 N–H and O–H groups in total. The van der Waals surface area contributed by atoms with Crippen molar-refractivity contribution in [3.8, 4) is 0 Å². The third kappa shape index (κ3) is 7.89. The van der Waals surface area contributed by atoms with Crippen LogP contribution in [0.25, 0.3) is 0 Å². The molecule has 5 unspecified atom stereocenters. The zero-order chi connectivity index (χ0) is 29.0. The lowest BCUT2D eigenvalue weighted by atomic mass is 9.70. The van der Waals surface area contributed by atoms with Gasteiger partial charge >= 0.3 is 12.1 Å². The highest BCUT2D eigenvalue weighted by molar-refractivity contribution is 5.74. The van der Waals surface area contributed by atoms with Gasteiger partial charge in [-0.3, -0.25) is 0 Å². The van der Waals surface area contributed by atoms with Crippen molar-refractivity contribution in [2.75, 3.05) is 26.2 Å². The van der Waals surface area contributed by atoms with Gasteiger partial charge in [-0.25, -0.2) is 9.59 Å². The molecule has 40 heavy (non-hydrogen) atoms. The summed E-state index contributed by atoms with van der Waals surface area (Å²) in [5, 5.41) is 17.4. The summed E-state index contributed by atoms with van der Waals surface area (Å²) in [7, 11) is 0. The van der Waals surface area contributed by atoms with Crippen LogP contribution in [0, 0.1) is 29.1 Å². The molecule has 1 aromatic rings. The van der Waals surface area contributed by atoms with Crippen molar-refractivity contribution in [3.05, 3.63) is 35.9 Å². The smallest absolute Gasteiger partial charge is 0.407 e. The number of hydrogen-bond donors (Lipinski definition) is 3. The lowest BCUT2D eigenvalue weighted by Crippen LogP contribution is -2.54. The molecule has 9 nitrogen and oxygen atoms in total. The van der Waals surface area contributed by atoms with E-state index in [1.807, 2.05) is 30.3 Å². The summed E-state index contributed by atoms with van der Waals surface area (Å²) < 4.78 is 17.9. The number of aliphatic hydroxyl groups is 1. The molecule has 2 aliphatic heterocycles. The van der Waals surface area contributed by atoms with E-state index in [4.69, 9.17) is 14.2 Å². The molecule has 9 heteroatoms. The second-order valence-electron chi connectivity index (χ2n) is 13.5. The van der Waals surface area contributed by atoms with Crippen molar-refractivity contribution in [2.45, 2.75) is 91.4 Å². The predicted molar refractivity (Wildman–Crippen MR) is 153 cm³/mol. The van der Waals surface area contributed by atoms with Gasteiger partial charge in [-0.15, -0.1) is 0 Å². The zero-order valence-corrected chi connectivity index (χ0v) is 25.0. The molecule has 224 valence electrons. The van der Waals surface area contributed by atoms with Crippen LogP contribution < -0.4 is 10.6 Å². The minimum atomic E-state index is -1.00. The number of carbonyl (C=O) groups is 2. The van der Waals surface area contributed by atoms with Gasteiger partial charge < -0.3 is 34.9 Å². The molecule has 0 aromatic heterocycles. The SMILES string of the molecule is CC(C)CCN(C[C@@H](O)[C@H](Cc1ccccc1)NC(=O)OC1C2CC3C(OCC1[C@@H]3C)O2)C(=O)NCC(C)(C)C. The zero-order valence-electron chi connectivity index (χ0n) is 25.0. The monoisotopic (exact) mass is 559 g/mol. The van der Waals surface area contributed by atoms with Crippen LogP contribution >= 0.6 is 0 Å². The maximum Gasteiger partial charge on any atom is 0.407 e. The molecule has 8 atom stereocenters. The minimum Gasteiger partial charge on any atom is -0.443 e. The Bertz CT molecular complexity index is 981. The van der Waals surface area contributed by atoms with Crippen LogP contribution in [-0.4, -0.2) is 79.0 Å². The third-order valence-electron chi connectivity index (χ3n) is 8.51. The molecule has 3 amide bonds. The first-order valence-corrected chi connectivity index (χ1v) is 14.9. The van der Waals surface area contributed by atoms with E-state index in [9.17, 15) is 14.7 Å². The van der Waals surface area contributed by atoms with Crippen molar-refractivity contribution in [1.29, 1.82) is 0 Å². The predicted octanol–water partition coefficient (Wildman–Crippen LogP) is 4.18. The number of alkyl carbamates (subject to hydrolysis) is 1. The van der Waals surface area contributed by atoms with Crippen LogP contribution in [0.1, 0.15) is 59.9 Å². The molecule has 3 aliphatic rings. The van der Waals surface area contributed by atoms with Crippen LogP contribution in [-0.2, 0) is 20.6 Å². The molecule has 3 fully saturated rings. The maximum absolute atomic E-state index is 13.3. The molecule has 2 saturated heterocycles. The summed E-state index contributed by atoms with van der Waals surface area (Å²) in [6.45, 7) is 14.2. The van der Waals surface area contributed by atoms with Crippen LogP contribution in [0.15, 0.2) is 30.3 Å². The number of fused-ring (bicyclic) bond motifs is 2. The second-order valence-corrected chi connectivity index (χ2v) is 13.5. The first kappa shape index (κ1) is 30.6. The number of urea groups is 1. The number of rotatable bonds is 11. The molecule has 0 spiro atoms. The van der Waals surface area contributed by atoms with E-state index in [0.717, 1.165) is 18.4 Å². The quantitative estimate of drug-likeness (QED) is 0.375. The Labute approximate surface area is 239 Å². The average Bonchev–Trinajstić information content (AvgIpc) is 3.21. The lowest BCUT2D eigenvalue weighted by molar-refractivity contribution is -0.167. The van der Waals surface area contributed by atoms with Crippen LogP contribution in [0.4, 0.5) is 9.59 Å². The number of aliphatic hydroxyl groups excluding tert-OH is 1. The van der Waals surface area contributed by atoms with Crippen LogP contribution in [0.3, 0.4) is 0 Å². The molecule has 1 aromatic carbocycles. The van der Waals surface area contributed by atoms with Crippen molar-refractivity contribution in [3.63, 3.8) is 0 Å². The van der Waals surface area contributed by atoms with Gasteiger partial charge in [0.1, 0.15) is 6.10 Å². The summed E-state index contributed by atoms with van der Waals surface area (Å²) in [5.74, 6) is 1.18. The van der Waals surface area contributed by atoms with Gasteiger partial charge in [0.15, 0.2) is 6.29 Å². The summed E-state index contributed by atoms with van der Waals surface area (Å²) >= 11 is 0. The largest absolute Gasteiger partial charge is 0.443 e. The number of nitrogens with one attached hydrogen (secondary N) is 2. The van der Waals surface area contributed by atoms with E-state index < -0.39 is 18.2 Å². The normalized spacial score (nSPS) is 28.7. The molecule has 3 bridgehead atoms. The number of carbonyl (C=O) groups excluding carboxylic acids is 2. The molecule has 1 aliphatic carbocycles. The summed E-state index contributed by atoms with van der Waals surface area (Å²) in [4.78, 5) is 28.1. The fraction of sp³-hybridized carbons (Fsp3) is 0.742. The standard InChI is InChI=1S/C31H49N3O6/c1-19(2)12-13-34(29(36)32-18-31(4,5)6)16-25(35)24(14-21-10-8-7-9-11-21)33-30(37)40-27-23-17-38-28-22(20(23)3)15-26(27)39-28/h7-11,19-20,22-28,35H,12-18H2,1-6H3,(H,32,36)(H,33,37)/t20-,22?,23?,24+,25-,26?,27?,28?/m1/s1. The minimum absolute atomic E-state index is 0.0663. The van der Waals surface area contributed by atoms with Gasteiger partial charge in [-0.1, -0.05) is 71.9 Å². The summed E-state index contributed by atoms with van der Waals surface area (Å²) in [6, 6.07) is 8.85. The Kier molecular flexibility index (Phi) is 10.0. The Morgan fingerprint density at radius 2 is 1.90 bits per heavy atom. The van der Waals surface area contributed by atoms with Gasteiger partial charge in [-0.05, 0) is 42.1 Å². The molecule has 4 rings (SSSR count). The Balaban J connectivity index is 1.44. The van der Waals surface area contributed by atoms with Crippen LogP contribution in [0.2, 0.25) is 0 Å². The Hall–Kier alpha value is -2.36. The van der Waals surface area contributed by atoms with Gasteiger partial charge in [0.05, 0.1) is 31.4 Å². The highest BCUT2D eigenvalue weighted by Gasteiger charge is 2.57. The fourth-order valence-corrected chi connectivity index (χ4v) is 6.01. The number of nitrogens with zero attached hydrogens (tertiary/aromatic N) is 1. The average molecular weight is 560 g/mol. The van der Waals surface area contributed by atoms with E-state index in [0.29, 0.717) is 43.9 Å². The van der Waals surface area contributed by atoms with Gasteiger partial charge in [-0.2, -0.15) is 0 Å². The van der Waals surface area contributed by atoms with E-state index in [2.05, 4.69) is 52.2 Å². The molecule has 2 heterocycles. The first-order chi connectivity index (χ1) is 18.9. The second kappa shape index (κ2) is 13.1. The maximum atomic E-state index is 13.3. The molecule has 0 radical (unpaired) electrons. The molecular formula is C31H49N3O6. The van der Waals surface area contributed by atoms with Crippen molar-refractivity contribution in [2.24, 2.45) is 29.1 Å². The van der Waals surface area contributed by atoms with Crippen molar-refractivity contribution in [1.82, 2.24) is 15.5 Å². The van der Waals surface area contributed by atoms with Gasteiger partial charge in [0.25, 0.3) is 0 Å². The lowest BCUT2D eigenvalue weighted by Gasteiger charge is -2.42. The van der Waals surface area contributed by atoms with E-state index >= 15 is 0 Å². The summed E-state index contributed by atoms with van der Waals surface area (Å²) in [6.07, 6.45) is -0.319. The summed E-state index contributed by atoms with van der Waals surface area (Å²) in [5.41, 5.74) is 0.904. The number of hydrogen-bond acceptors (Lipinski definition) is 6. The Morgan fingerprint density at radius 3 is 2.58 bits per heavy atom. The Morgan fingerprint density at radius 1 is 1.18 bits per heavy atom. The van der Waals surface area contributed by atoms with E-state index in [-0.39, 0.29) is 42.4 Å². The van der Waals surface area contributed by atoms with Gasteiger partial charge in [0, 0.05) is 24.9 Å². The fourth-order valence-electron chi connectivity index (χ4n) is 6.01. The highest BCUT2D eigenvalue weighted by atomic mass is 16.7. The number of amides is 3. The number of benzene rings is 1. The van der Waals surface area contributed by atoms with E-state index in [1.54, 1.807) is 4.90 Å². The van der Waals surface area contributed by atoms with Crippen LogP contribution in [0.5, 0.6) is 0 Å².